The minimum absolute atomic E-state index is 0.0825. The van der Waals surface area contributed by atoms with Gasteiger partial charge in [-0.15, -0.1) is 0 Å². The summed E-state index contributed by atoms with van der Waals surface area (Å²) in [5.74, 6) is -2.98. The number of nitrogens with two attached hydrogens (primary N) is 1. The zero-order chi connectivity index (χ0) is 27.3. The topological polar surface area (TPSA) is 134 Å². The molecule has 0 saturated heterocycles. The fourth-order valence-corrected chi connectivity index (χ4v) is 3.39. The first-order valence-electron chi connectivity index (χ1n) is 12.1. The van der Waals surface area contributed by atoms with Crippen LogP contribution in [0.2, 0.25) is 0 Å². The van der Waals surface area contributed by atoms with Crippen molar-refractivity contribution in [2.24, 2.45) is 11.7 Å². The first kappa shape index (κ1) is 31.0. The summed E-state index contributed by atoms with van der Waals surface area (Å²) in [6.45, 7) is 7.00. The van der Waals surface area contributed by atoms with Crippen LogP contribution in [0.4, 0.5) is 0 Å². The highest BCUT2D eigenvalue weighted by Crippen LogP contribution is 2.27. The molecule has 0 radical (unpaired) electrons. The molecule has 10 heteroatoms. The quantitative estimate of drug-likeness (QED) is 0.203. The Morgan fingerprint density at radius 3 is 2.39 bits per heavy atom. The average molecular weight is 525 g/mol. The van der Waals surface area contributed by atoms with Crippen LogP contribution in [0.1, 0.15) is 69.3 Å². The Labute approximate surface area is 217 Å². The van der Waals surface area contributed by atoms with Crippen molar-refractivity contribution in [1.82, 2.24) is 5.32 Å². The lowest BCUT2D eigenvalue weighted by atomic mass is 9.99. The lowest BCUT2D eigenvalue weighted by molar-refractivity contribution is -0.165. The Balaban J connectivity index is 2.99. The van der Waals surface area contributed by atoms with Crippen LogP contribution in [-0.2, 0) is 30.3 Å². The first-order valence-corrected chi connectivity index (χ1v) is 12.5. The molecule has 1 aromatic carbocycles. The van der Waals surface area contributed by atoms with Crippen LogP contribution < -0.4 is 15.8 Å². The number of ether oxygens (including phenoxy) is 3. The second kappa shape index (κ2) is 15.8. The molecule has 3 atom stereocenters. The number of benzene rings is 1. The van der Waals surface area contributed by atoms with Crippen LogP contribution in [0.15, 0.2) is 29.3 Å². The normalized spacial score (nSPS) is 13.8. The highest BCUT2D eigenvalue weighted by atomic mass is 35.5. The number of esters is 2. The molecule has 2 amide bonds. The number of primary amides is 1. The van der Waals surface area contributed by atoms with Gasteiger partial charge in [0.2, 0.25) is 6.10 Å². The third-order valence-electron chi connectivity index (χ3n) is 5.67. The van der Waals surface area contributed by atoms with Gasteiger partial charge in [-0.1, -0.05) is 57.3 Å². The van der Waals surface area contributed by atoms with Crippen molar-refractivity contribution < 1.29 is 33.4 Å². The molecule has 0 spiro atoms. The van der Waals surface area contributed by atoms with E-state index in [2.05, 4.69) is 12.2 Å². The fourth-order valence-electron chi connectivity index (χ4n) is 3.32. The SMILES string of the molecule is CCCCCc1cccc(OC)c1C(=O)O[C@@H](C(=O)O[C@@H](C)C(=O)NC/C=C(/Cl)C(N)=O)[C@@H](C)CC. The van der Waals surface area contributed by atoms with Gasteiger partial charge in [-0.05, 0) is 43.9 Å². The summed E-state index contributed by atoms with van der Waals surface area (Å²) >= 11 is 5.61. The van der Waals surface area contributed by atoms with Gasteiger partial charge in [-0.2, -0.15) is 0 Å². The van der Waals surface area contributed by atoms with E-state index >= 15 is 0 Å². The Morgan fingerprint density at radius 2 is 1.81 bits per heavy atom. The lowest BCUT2D eigenvalue weighted by Crippen LogP contribution is -2.41. The number of hydrogen-bond acceptors (Lipinski definition) is 7. The maximum Gasteiger partial charge on any atom is 0.348 e. The molecule has 1 rings (SSSR count). The van der Waals surface area contributed by atoms with Crippen molar-refractivity contribution >= 4 is 35.4 Å². The summed E-state index contributed by atoms with van der Waals surface area (Å²) in [6.07, 6.45) is 2.95. The van der Waals surface area contributed by atoms with Gasteiger partial charge in [0.05, 0.1) is 7.11 Å². The summed E-state index contributed by atoms with van der Waals surface area (Å²) in [6, 6.07) is 5.32. The minimum Gasteiger partial charge on any atom is -0.496 e. The van der Waals surface area contributed by atoms with Gasteiger partial charge in [0.15, 0.2) is 6.10 Å². The molecule has 0 saturated carbocycles. The fraction of sp³-hybridized carbons (Fsp3) is 0.538. The minimum atomic E-state index is -1.23. The van der Waals surface area contributed by atoms with Crippen molar-refractivity contribution in [3.05, 3.63) is 40.4 Å². The van der Waals surface area contributed by atoms with Gasteiger partial charge in [-0.3, -0.25) is 9.59 Å². The smallest absolute Gasteiger partial charge is 0.348 e. The number of nitrogens with one attached hydrogen (secondary N) is 1. The number of carbonyl (C=O) groups is 4. The van der Waals surface area contributed by atoms with Crippen LogP contribution in [-0.4, -0.2) is 49.6 Å². The zero-order valence-electron chi connectivity index (χ0n) is 21.6. The van der Waals surface area contributed by atoms with E-state index < -0.39 is 36.0 Å². The Morgan fingerprint density at radius 1 is 1.11 bits per heavy atom. The maximum absolute atomic E-state index is 13.2. The van der Waals surface area contributed by atoms with Gasteiger partial charge >= 0.3 is 11.9 Å². The first-order chi connectivity index (χ1) is 17.1. The third-order valence-corrected chi connectivity index (χ3v) is 6.01. The molecule has 0 fully saturated rings. The molecule has 3 N–H and O–H groups in total. The van der Waals surface area contributed by atoms with Crippen molar-refractivity contribution in [3.8, 4) is 5.75 Å². The van der Waals surface area contributed by atoms with Crippen molar-refractivity contribution in [1.29, 1.82) is 0 Å². The van der Waals surface area contributed by atoms with Crippen molar-refractivity contribution in [2.45, 2.75) is 72.0 Å². The summed E-state index contributed by atoms with van der Waals surface area (Å²) in [7, 11) is 1.47. The molecule has 1 aromatic rings. The zero-order valence-corrected chi connectivity index (χ0v) is 22.4. The molecular weight excluding hydrogens is 488 g/mol. The molecule has 0 aliphatic rings. The van der Waals surface area contributed by atoms with E-state index in [-0.39, 0.29) is 23.1 Å². The molecular formula is C26H37ClN2O7. The van der Waals surface area contributed by atoms with Crippen LogP contribution in [0.3, 0.4) is 0 Å². The van der Waals surface area contributed by atoms with Crippen LogP contribution in [0.25, 0.3) is 0 Å². The third kappa shape index (κ3) is 9.53. The van der Waals surface area contributed by atoms with Crippen LogP contribution in [0, 0.1) is 5.92 Å². The second-order valence-electron chi connectivity index (χ2n) is 8.40. The Hall–Kier alpha value is -3.07. The monoisotopic (exact) mass is 524 g/mol. The molecule has 200 valence electrons. The van der Waals surface area contributed by atoms with E-state index in [1.807, 2.05) is 19.1 Å². The molecule has 0 aromatic heterocycles. The number of amides is 2. The molecule has 0 bridgehead atoms. The Kier molecular flexibility index (Phi) is 13.6. The molecule has 0 aliphatic carbocycles. The van der Waals surface area contributed by atoms with E-state index in [4.69, 9.17) is 31.5 Å². The summed E-state index contributed by atoms with van der Waals surface area (Å²) in [5, 5.41) is 2.23. The summed E-state index contributed by atoms with van der Waals surface area (Å²) < 4.78 is 16.4. The predicted molar refractivity (Wildman–Crippen MR) is 137 cm³/mol. The number of carbonyl (C=O) groups excluding carboxylic acids is 4. The lowest BCUT2D eigenvalue weighted by Gasteiger charge is -2.24. The highest BCUT2D eigenvalue weighted by molar-refractivity contribution is 6.41. The van der Waals surface area contributed by atoms with E-state index in [0.29, 0.717) is 18.6 Å². The van der Waals surface area contributed by atoms with E-state index in [0.717, 1.165) is 24.8 Å². The van der Waals surface area contributed by atoms with Crippen molar-refractivity contribution in [3.63, 3.8) is 0 Å². The molecule has 0 heterocycles. The van der Waals surface area contributed by atoms with Gasteiger partial charge in [0.25, 0.3) is 11.8 Å². The van der Waals surface area contributed by atoms with Gasteiger partial charge in [0, 0.05) is 12.5 Å². The summed E-state index contributed by atoms with van der Waals surface area (Å²) in [4.78, 5) is 49.4. The second-order valence-corrected chi connectivity index (χ2v) is 8.81. The van der Waals surface area contributed by atoms with E-state index in [9.17, 15) is 19.2 Å². The number of rotatable bonds is 15. The molecule has 9 nitrogen and oxygen atoms in total. The number of hydrogen-bond donors (Lipinski definition) is 2. The largest absolute Gasteiger partial charge is 0.496 e. The standard InChI is InChI=1S/C26H37ClN2O7/c1-6-8-9-11-18-12-10-13-20(34-5)21(18)25(32)36-22(16(3)7-2)26(33)35-17(4)24(31)29-15-14-19(27)23(28)30/h10,12-14,16-17,22H,6-9,11,15H2,1-5H3,(H2,28,30)(H,29,31)/b19-14+/t16-,17-,22+/m0/s1. The van der Waals surface area contributed by atoms with Gasteiger partial charge in [0.1, 0.15) is 16.3 Å². The number of unbranched alkanes of at least 4 members (excludes halogenated alkanes) is 2. The molecule has 0 unspecified atom stereocenters. The average Bonchev–Trinajstić information content (AvgIpc) is 2.86. The number of aryl methyl sites for hydroxylation is 1. The Bertz CT molecular complexity index is 948. The number of halogens is 1. The maximum atomic E-state index is 13.2. The van der Waals surface area contributed by atoms with Gasteiger partial charge in [-0.25, -0.2) is 9.59 Å². The predicted octanol–water partition coefficient (Wildman–Crippen LogP) is 3.66. The highest BCUT2D eigenvalue weighted by Gasteiger charge is 2.33. The molecule has 36 heavy (non-hydrogen) atoms. The van der Waals surface area contributed by atoms with Gasteiger partial charge < -0.3 is 25.3 Å². The molecule has 0 aliphatic heterocycles. The number of methoxy groups -OCH3 is 1. The van der Waals surface area contributed by atoms with E-state index in [1.165, 1.54) is 20.1 Å². The van der Waals surface area contributed by atoms with Crippen LogP contribution >= 0.6 is 11.6 Å². The summed E-state index contributed by atoms with van der Waals surface area (Å²) in [5.41, 5.74) is 6.08. The van der Waals surface area contributed by atoms with Crippen LogP contribution in [0.5, 0.6) is 5.75 Å². The van der Waals surface area contributed by atoms with E-state index in [1.54, 1.807) is 13.0 Å². The van der Waals surface area contributed by atoms with Crippen molar-refractivity contribution in [2.75, 3.05) is 13.7 Å².